The van der Waals surface area contributed by atoms with Gasteiger partial charge in [-0.15, -0.1) is 0 Å². The topological polar surface area (TPSA) is 9.23 Å². The van der Waals surface area contributed by atoms with Crippen LogP contribution in [0.2, 0.25) is 18.1 Å². The highest BCUT2D eigenvalue weighted by molar-refractivity contribution is 9.10. The Morgan fingerprint density at radius 1 is 1.17 bits per heavy atom. The first-order chi connectivity index (χ1) is 8.13. The van der Waals surface area contributed by atoms with Gasteiger partial charge in [0.15, 0.2) is 8.32 Å². The van der Waals surface area contributed by atoms with Gasteiger partial charge >= 0.3 is 0 Å². The predicted molar refractivity (Wildman–Crippen MR) is 85.7 cm³/mol. The Bertz CT molecular complexity index is 378. The van der Waals surface area contributed by atoms with E-state index in [2.05, 4.69) is 81.0 Å². The molecule has 102 valence electrons. The van der Waals surface area contributed by atoms with Crippen LogP contribution in [-0.2, 0) is 4.43 Å². The fraction of sp³-hybridized carbons (Fsp3) is 0.600. The van der Waals surface area contributed by atoms with E-state index in [1.54, 1.807) is 0 Å². The monoisotopic (exact) mass is 328 g/mol. The Morgan fingerprint density at radius 3 is 2.11 bits per heavy atom. The minimum Gasteiger partial charge on any atom is -0.416 e. The molecule has 0 bridgehead atoms. The van der Waals surface area contributed by atoms with Gasteiger partial charge in [0.05, 0.1) is 0 Å². The van der Waals surface area contributed by atoms with Crippen molar-refractivity contribution < 1.29 is 4.43 Å². The third-order valence-corrected chi connectivity index (χ3v) is 8.97. The molecule has 1 aromatic carbocycles. The molecule has 0 aliphatic heterocycles. The van der Waals surface area contributed by atoms with Gasteiger partial charge in [-0.3, -0.25) is 0 Å². The molecule has 0 spiro atoms. The lowest BCUT2D eigenvalue weighted by Crippen LogP contribution is -2.41. The molecule has 1 unspecified atom stereocenters. The Labute approximate surface area is 121 Å². The maximum atomic E-state index is 6.27. The van der Waals surface area contributed by atoms with Crippen molar-refractivity contribution in [2.75, 3.05) is 6.61 Å². The molecule has 0 aromatic heterocycles. The Kier molecular flexibility index (Phi) is 5.21. The van der Waals surface area contributed by atoms with Crippen LogP contribution in [-0.4, -0.2) is 14.9 Å². The molecule has 1 aromatic rings. The lowest BCUT2D eigenvalue weighted by atomic mass is 10.0. The Hall–Kier alpha value is -0.123. The largest absolute Gasteiger partial charge is 0.416 e. The van der Waals surface area contributed by atoms with E-state index in [1.807, 2.05) is 0 Å². The van der Waals surface area contributed by atoms with Crippen molar-refractivity contribution in [1.29, 1.82) is 0 Å². The average Bonchev–Trinajstić information content (AvgIpc) is 2.25. The number of rotatable bonds is 4. The van der Waals surface area contributed by atoms with Gasteiger partial charge in [0.2, 0.25) is 0 Å². The summed E-state index contributed by atoms with van der Waals surface area (Å²) in [6, 6.07) is 8.53. The van der Waals surface area contributed by atoms with Gasteiger partial charge in [-0.2, -0.15) is 0 Å². The van der Waals surface area contributed by atoms with Gasteiger partial charge in [0.25, 0.3) is 0 Å². The number of benzene rings is 1. The molecular formula is C15H25BrOSi. The van der Waals surface area contributed by atoms with Crippen molar-refractivity contribution in [3.63, 3.8) is 0 Å². The quantitative estimate of drug-likeness (QED) is 0.656. The summed E-state index contributed by atoms with van der Waals surface area (Å²) in [6.07, 6.45) is 0. The molecule has 18 heavy (non-hydrogen) atoms. The average molecular weight is 329 g/mol. The number of hydrogen-bond donors (Lipinski definition) is 0. The van der Waals surface area contributed by atoms with Crippen LogP contribution in [0.5, 0.6) is 0 Å². The van der Waals surface area contributed by atoms with Crippen LogP contribution in [0.15, 0.2) is 28.7 Å². The summed E-state index contributed by atoms with van der Waals surface area (Å²) in [5, 5.41) is 0.284. The Balaban J connectivity index is 2.61. The minimum atomic E-state index is -1.62. The normalized spacial score (nSPS) is 14.6. The molecule has 3 heteroatoms. The second-order valence-electron chi connectivity index (χ2n) is 6.52. The molecule has 0 saturated heterocycles. The fourth-order valence-corrected chi connectivity index (χ4v) is 2.80. The van der Waals surface area contributed by atoms with Gasteiger partial charge in [-0.25, -0.2) is 0 Å². The highest BCUT2D eigenvalue weighted by Gasteiger charge is 2.37. The van der Waals surface area contributed by atoms with Gasteiger partial charge in [-0.05, 0) is 35.8 Å². The third kappa shape index (κ3) is 4.21. The molecule has 0 radical (unpaired) electrons. The summed E-state index contributed by atoms with van der Waals surface area (Å²) in [7, 11) is -1.62. The van der Waals surface area contributed by atoms with Crippen LogP contribution in [0.1, 0.15) is 39.2 Å². The second-order valence-corrected chi connectivity index (χ2v) is 12.2. The van der Waals surface area contributed by atoms with E-state index in [1.165, 1.54) is 5.56 Å². The molecule has 0 saturated carbocycles. The highest BCUT2D eigenvalue weighted by atomic mass is 79.9. The summed E-state index contributed by atoms with van der Waals surface area (Å²) in [5.74, 6) is 0.451. The van der Waals surface area contributed by atoms with E-state index >= 15 is 0 Å². The molecule has 0 fully saturated rings. The maximum absolute atomic E-state index is 6.27. The summed E-state index contributed by atoms with van der Waals surface area (Å²) in [5.41, 5.74) is 1.34. The summed E-state index contributed by atoms with van der Waals surface area (Å²) in [4.78, 5) is 0. The van der Waals surface area contributed by atoms with Crippen LogP contribution >= 0.6 is 15.9 Å². The molecule has 1 rings (SSSR count). The van der Waals surface area contributed by atoms with E-state index in [9.17, 15) is 0 Å². The first-order valence-corrected chi connectivity index (χ1v) is 10.2. The van der Waals surface area contributed by atoms with E-state index in [-0.39, 0.29) is 5.04 Å². The SMILES string of the molecule is CC(CO[Si](C)(C)C(C)(C)C)c1ccc(Br)cc1. The molecule has 0 heterocycles. The molecule has 0 amide bonds. The first-order valence-electron chi connectivity index (χ1n) is 6.53. The smallest absolute Gasteiger partial charge is 0.192 e. The van der Waals surface area contributed by atoms with Crippen molar-refractivity contribution in [1.82, 2.24) is 0 Å². The van der Waals surface area contributed by atoms with E-state index < -0.39 is 8.32 Å². The first kappa shape index (κ1) is 15.9. The lowest BCUT2D eigenvalue weighted by Gasteiger charge is -2.37. The van der Waals surface area contributed by atoms with Gasteiger partial charge in [0, 0.05) is 17.0 Å². The zero-order chi connectivity index (χ0) is 14.0. The van der Waals surface area contributed by atoms with Crippen molar-refractivity contribution in [3.05, 3.63) is 34.3 Å². The van der Waals surface area contributed by atoms with Crippen LogP contribution in [0, 0.1) is 0 Å². The van der Waals surface area contributed by atoms with Crippen molar-refractivity contribution in [3.8, 4) is 0 Å². The molecule has 1 atom stereocenters. The van der Waals surface area contributed by atoms with Gasteiger partial charge in [-0.1, -0.05) is 55.8 Å². The van der Waals surface area contributed by atoms with Crippen molar-refractivity contribution in [2.24, 2.45) is 0 Å². The zero-order valence-corrected chi connectivity index (χ0v) is 15.0. The standard InChI is InChI=1S/C15H25BrOSi/c1-12(13-7-9-14(16)10-8-13)11-17-18(5,6)15(2,3)4/h7-10,12H,11H2,1-6H3. The molecule has 0 N–H and O–H groups in total. The molecule has 1 nitrogen and oxygen atoms in total. The van der Waals surface area contributed by atoms with Crippen LogP contribution < -0.4 is 0 Å². The number of halogens is 1. The third-order valence-electron chi connectivity index (χ3n) is 3.94. The Morgan fingerprint density at radius 2 is 1.67 bits per heavy atom. The van der Waals surface area contributed by atoms with Crippen molar-refractivity contribution >= 4 is 24.2 Å². The van der Waals surface area contributed by atoms with Gasteiger partial charge in [0.1, 0.15) is 0 Å². The molecule has 0 aliphatic carbocycles. The van der Waals surface area contributed by atoms with Crippen LogP contribution in [0.4, 0.5) is 0 Å². The summed E-state index contributed by atoms with van der Waals surface area (Å²) >= 11 is 3.47. The lowest BCUT2D eigenvalue weighted by molar-refractivity contribution is 0.269. The van der Waals surface area contributed by atoms with Crippen LogP contribution in [0.3, 0.4) is 0 Å². The van der Waals surface area contributed by atoms with E-state index in [4.69, 9.17) is 4.43 Å². The molecular weight excluding hydrogens is 304 g/mol. The predicted octanol–water partition coefficient (Wildman–Crippen LogP) is 5.57. The summed E-state index contributed by atoms with van der Waals surface area (Å²) < 4.78 is 7.40. The summed E-state index contributed by atoms with van der Waals surface area (Å²) in [6.45, 7) is 14.5. The minimum absolute atomic E-state index is 0.284. The van der Waals surface area contributed by atoms with E-state index in [0.717, 1.165) is 11.1 Å². The van der Waals surface area contributed by atoms with E-state index in [0.29, 0.717) is 5.92 Å². The number of hydrogen-bond acceptors (Lipinski definition) is 1. The molecule has 0 aliphatic rings. The van der Waals surface area contributed by atoms with Crippen LogP contribution in [0.25, 0.3) is 0 Å². The van der Waals surface area contributed by atoms with Gasteiger partial charge < -0.3 is 4.43 Å². The van der Waals surface area contributed by atoms with Crippen molar-refractivity contribution in [2.45, 2.75) is 51.7 Å². The second kappa shape index (κ2) is 5.89. The zero-order valence-electron chi connectivity index (χ0n) is 12.4. The maximum Gasteiger partial charge on any atom is 0.192 e. The highest BCUT2D eigenvalue weighted by Crippen LogP contribution is 2.37. The fourth-order valence-electron chi connectivity index (χ4n) is 1.44.